The minimum Gasteiger partial charge on any atom is -0.450 e. The van der Waals surface area contributed by atoms with Crippen molar-refractivity contribution < 1.29 is 27.5 Å². The van der Waals surface area contributed by atoms with E-state index in [0.717, 1.165) is 36.1 Å². The van der Waals surface area contributed by atoms with Crippen LogP contribution in [0.15, 0.2) is 29.2 Å². The molecule has 1 aliphatic rings. The molecule has 0 radical (unpaired) electrons. The normalized spacial score (nSPS) is 13.5. The van der Waals surface area contributed by atoms with E-state index in [1.54, 1.807) is 26.0 Å². The third kappa shape index (κ3) is 6.20. The second-order valence-corrected chi connectivity index (χ2v) is 11.1. The number of nitrogens with one attached hydrogen (secondary N) is 2. The predicted octanol–water partition coefficient (Wildman–Crippen LogP) is 3.88. The maximum Gasteiger partial charge on any atom is 0.414 e. The van der Waals surface area contributed by atoms with Crippen LogP contribution in [0.25, 0.3) is 0 Å². The predicted molar refractivity (Wildman–Crippen MR) is 127 cm³/mol. The average Bonchev–Trinajstić information content (AvgIpc) is 2.94. The molecule has 1 aromatic heterocycles. The molecule has 178 valence electrons. The number of fused-ring (bicyclic) bond motifs is 1. The second-order valence-electron chi connectivity index (χ2n) is 7.72. The second kappa shape index (κ2) is 10.9. The Kier molecular flexibility index (Phi) is 8.25. The SMILES string of the molecule is CCOC(=O)NC(=O)c1c(NC(=O)Cc2ccc(S(=O)(=O)CC)cc2)sc2c1CCCCC2. The molecule has 1 heterocycles. The number of hydrogen-bond donors (Lipinski definition) is 2. The van der Waals surface area contributed by atoms with Crippen LogP contribution in [-0.4, -0.2) is 38.7 Å². The van der Waals surface area contributed by atoms with Crippen molar-refractivity contribution in [1.82, 2.24) is 5.32 Å². The van der Waals surface area contributed by atoms with Crippen molar-refractivity contribution >= 4 is 44.1 Å². The van der Waals surface area contributed by atoms with Gasteiger partial charge in [0.15, 0.2) is 9.84 Å². The summed E-state index contributed by atoms with van der Waals surface area (Å²) in [5, 5.41) is 5.48. The van der Waals surface area contributed by atoms with E-state index >= 15 is 0 Å². The first kappa shape index (κ1) is 24.9. The van der Waals surface area contributed by atoms with Gasteiger partial charge in [-0.15, -0.1) is 11.3 Å². The topological polar surface area (TPSA) is 119 Å². The lowest BCUT2D eigenvalue weighted by atomic mass is 10.0. The average molecular weight is 493 g/mol. The van der Waals surface area contributed by atoms with E-state index in [9.17, 15) is 22.8 Å². The van der Waals surface area contributed by atoms with Crippen molar-refractivity contribution in [3.05, 3.63) is 45.8 Å². The number of benzene rings is 1. The Morgan fingerprint density at radius 3 is 2.39 bits per heavy atom. The van der Waals surface area contributed by atoms with Gasteiger partial charge in [-0.05, 0) is 55.9 Å². The lowest BCUT2D eigenvalue weighted by Gasteiger charge is -2.10. The molecule has 10 heteroatoms. The van der Waals surface area contributed by atoms with Gasteiger partial charge >= 0.3 is 6.09 Å². The van der Waals surface area contributed by atoms with Gasteiger partial charge in [0.1, 0.15) is 5.00 Å². The minimum absolute atomic E-state index is 0.00647. The fraction of sp³-hybridized carbons (Fsp3) is 0.435. The van der Waals surface area contributed by atoms with Crippen molar-refractivity contribution in [2.24, 2.45) is 0 Å². The number of imide groups is 1. The maximum absolute atomic E-state index is 12.9. The molecular formula is C23H28N2O6S2. The molecule has 0 atom stereocenters. The summed E-state index contributed by atoms with van der Waals surface area (Å²) in [6.07, 6.45) is 3.73. The monoisotopic (exact) mass is 492 g/mol. The van der Waals surface area contributed by atoms with Gasteiger partial charge in [0, 0.05) is 4.88 Å². The summed E-state index contributed by atoms with van der Waals surface area (Å²) in [6.45, 7) is 3.37. The smallest absolute Gasteiger partial charge is 0.414 e. The van der Waals surface area contributed by atoms with E-state index in [1.165, 1.54) is 23.5 Å². The Balaban J connectivity index is 1.80. The first-order chi connectivity index (χ1) is 15.7. The highest BCUT2D eigenvalue weighted by Crippen LogP contribution is 2.37. The van der Waals surface area contributed by atoms with Crippen molar-refractivity contribution in [3.63, 3.8) is 0 Å². The molecule has 2 aromatic rings. The highest BCUT2D eigenvalue weighted by Gasteiger charge is 2.27. The quantitative estimate of drug-likeness (QED) is 0.566. The molecule has 3 rings (SSSR count). The summed E-state index contributed by atoms with van der Waals surface area (Å²) in [5.74, 6) is -0.910. The first-order valence-electron chi connectivity index (χ1n) is 11.0. The summed E-state index contributed by atoms with van der Waals surface area (Å²) < 4.78 is 28.8. The van der Waals surface area contributed by atoms with Crippen LogP contribution in [0.3, 0.4) is 0 Å². The van der Waals surface area contributed by atoms with Crippen molar-refractivity contribution in [1.29, 1.82) is 0 Å². The minimum atomic E-state index is -3.31. The van der Waals surface area contributed by atoms with Gasteiger partial charge in [-0.2, -0.15) is 0 Å². The molecule has 8 nitrogen and oxygen atoms in total. The fourth-order valence-corrected chi connectivity index (χ4v) is 5.92. The maximum atomic E-state index is 12.9. The highest BCUT2D eigenvalue weighted by molar-refractivity contribution is 7.91. The summed E-state index contributed by atoms with van der Waals surface area (Å²) in [5.41, 5.74) is 1.85. The zero-order chi connectivity index (χ0) is 24.0. The van der Waals surface area contributed by atoms with Gasteiger partial charge in [-0.1, -0.05) is 25.5 Å². The van der Waals surface area contributed by atoms with Crippen molar-refractivity contribution in [2.45, 2.75) is 57.3 Å². The van der Waals surface area contributed by atoms with Crippen LogP contribution >= 0.6 is 11.3 Å². The number of ether oxygens (including phenoxy) is 1. The zero-order valence-corrected chi connectivity index (χ0v) is 20.4. The number of thiophene rings is 1. The van der Waals surface area contributed by atoms with Gasteiger partial charge in [0.05, 0.1) is 29.2 Å². The van der Waals surface area contributed by atoms with Gasteiger partial charge in [-0.25, -0.2) is 13.2 Å². The largest absolute Gasteiger partial charge is 0.450 e. The van der Waals surface area contributed by atoms with E-state index in [1.807, 2.05) is 0 Å². The Labute approximate surface area is 197 Å². The van der Waals surface area contributed by atoms with Crippen LogP contribution in [0.2, 0.25) is 0 Å². The van der Waals surface area contributed by atoms with Crippen LogP contribution in [0.1, 0.15) is 59.5 Å². The molecule has 0 bridgehead atoms. The molecule has 33 heavy (non-hydrogen) atoms. The zero-order valence-electron chi connectivity index (χ0n) is 18.7. The molecule has 1 aliphatic carbocycles. The van der Waals surface area contributed by atoms with Crippen LogP contribution in [0.5, 0.6) is 0 Å². The molecular weight excluding hydrogens is 464 g/mol. The number of sulfone groups is 1. The molecule has 0 spiro atoms. The number of anilines is 1. The molecule has 0 fully saturated rings. The Hall–Kier alpha value is -2.72. The van der Waals surface area contributed by atoms with Gasteiger partial charge in [0.2, 0.25) is 5.91 Å². The molecule has 0 saturated heterocycles. The number of carbonyl (C=O) groups excluding carboxylic acids is 3. The third-order valence-corrected chi connectivity index (χ3v) is 8.38. The van der Waals surface area contributed by atoms with Gasteiger partial charge in [0.25, 0.3) is 5.91 Å². The Bertz CT molecular complexity index is 1140. The Morgan fingerprint density at radius 1 is 1.03 bits per heavy atom. The van der Waals surface area contributed by atoms with E-state index in [0.29, 0.717) is 22.5 Å². The number of carbonyl (C=O) groups is 3. The molecule has 1 aromatic carbocycles. The first-order valence-corrected chi connectivity index (χ1v) is 13.5. The van der Waals surface area contributed by atoms with E-state index < -0.39 is 21.8 Å². The number of hydrogen-bond acceptors (Lipinski definition) is 7. The number of rotatable bonds is 7. The van der Waals surface area contributed by atoms with Crippen LogP contribution in [-0.2, 0) is 38.6 Å². The lowest BCUT2D eigenvalue weighted by Crippen LogP contribution is -2.32. The van der Waals surface area contributed by atoms with E-state index in [2.05, 4.69) is 10.6 Å². The van der Waals surface area contributed by atoms with Gasteiger partial charge < -0.3 is 10.1 Å². The third-order valence-electron chi connectivity index (χ3n) is 5.42. The molecule has 0 unspecified atom stereocenters. The summed E-state index contributed by atoms with van der Waals surface area (Å²) in [4.78, 5) is 38.7. The van der Waals surface area contributed by atoms with Crippen LogP contribution in [0.4, 0.5) is 9.80 Å². The number of aryl methyl sites for hydroxylation is 1. The van der Waals surface area contributed by atoms with E-state index in [-0.39, 0.29) is 29.6 Å². The van der Waals surface area contributed by atoms with Crippen LogP contribution in [0, 0.1) is 0 Å². The summed E-state index contributed by atoms with van der Waals surface area (Å²) >= 11 is 1.37. The van der Waals surface area contributed by atoms with E-state index in [4.69, 9.17) is 4.74 Å². The van der Waals surface area contributed by atoms with Gasteiger partial charge in [-0.3, -0.25) is 14.9 Å². The fourth-order valence-electron chi connectivity index (χ4n) is 3.73. The number of amides is 3. The van der Waals surface area contributed by atoms with Crippen LogP contribution < -0.4 is 10.6 Å². The standard InChI is InChI=1S/C23H28N2O6S2/c1-3-31-23(28)25-21(27)20-17-8-6-5-7-9-18(17)32-22(20)24-19(26)14-15-10-12-16(13-11-15)33(29,30)4-2/h10-13H,3-9,14H2,1-2H3,(H,24,26)(H,25,27,28). The molecule has 0 saturated carbocycles. The Morgan fingerprint density at radius 2 is 1.73 bits per heavy atom. The van der Waals surface area contributed by atoms with Crippen molar-refractivity contribution in [3.8, 4) is 0 Å². The molecule has 3 amide bonds. The summed E-state index contributed by atoms with van der Waals surface area (Å²) in [7, 11) is -3.31. The number of alkyl carbamates (subject to hydrolysis) is 1. The molecule has 0 aliphatic heterocycles. The summed E-state index contributed by atoms with van der Waals surface area (Å²) in [6, 6.07) is 6.21. The highest BCUT2D eigenvalue weighted by atomic mass is 32.2. The van der Waals surface area contributed by atoms with Crippen molar-refractivity contribution in [2.75, 3.05) is 17.7 Å². The lowest BCUT2D eigenvalue weighted by molar-refractivity contribution is -0.115. The molecule has 2 N–H and O–H groups in total.